The van der Waals surface area contributed by atoms with Gasteiger partial charge in [-0.1, -0.05) is 18.2 Å². The van der Waals surface area contributed by atoms with Gasteiger partial charge in [0.25, 0.3) is 5.92 Å². The van der Waals surface area contributed by atoms with Gasteiger partial charge in [0.05, 0.1) is 4.90 Å². The van der Waals surface area contributed by atoms with E-state index in [4.69, 9.17) is 4.55 Å². The largest absolute Gasteiger partial charge is 0.302 e. The van der Waals surface area contributed by atoms with Gasteiger partial charge < -0.3 is 4.55 Å². The van der Waals surface area contributed by atoms with Crippen LogP contribution in [0.3, 0.4) is 0 Å². The number of rotatable bonds is 2. The predicted molar refractivity (Wildman–Crippen MR) is 62.3 cm³/mol. The molecule has 1 unspecified atom stereocenters. The summed E-state index contributed by atoms with van der Waals surface area (Å²) in [5.41, 5.74) is 1.72. The molecule has 0 bridgehead atoms. The summed E-state index contributed by atoms with van der Waals surface area (Å²) in [6.45, 7) is 0. The molecule has 0 fully saturated rings. The Hall–Kier alpha value is -1.07. The Morgan fingerprint density at radius 2 is 1.88 bits per heavy atom. The minimum Gasteiger partial charge on any atom is -0.302 e. The Labute approximate surface area is 101 Å². The molecule has 1 N–H and O–H groups in total. The lowest BCUT2D eigenvalue weighted by Gasteiger charge is -2.21. The molecule has 2 nitrogen and oxygen atoms in total. The van der Waals surface area contributed by atoms with Crippen LogP contribution in [-0.4, -0.2) is 14.7 Å². The summed E-state index contributed by atoms with van der Waals surface area (Å²) in [5.74, 6) is -2.59. The molecule has 0 radical (unpaired) electrons. The maximum absolute atomic E-state index is 12.9. The standard InChI is InChI=1S/C12H12F2O2S/c13-12(14)7-5-10(6-8-12)9-1-3-11(4-2-9)17(15)16/h1-5H,6-8H2,(H,15,16). The zero-order valence-electron chi connectivity index (χ0n) is 9.03. The minimum absolute atomic E-state index is 0.132. The van der Waals surface area contributed by atoms with Crippen molar-refractivity contribution in [3.05, 3.63) is 35.9 Å². The monoisotopic (exact) mass is 258 g/mol. The molecule has 0 amide bonds. The van der Waals surface area contributed by atoms with Crippen molar-refractivity contribution in [3.8, 4) is 0 Å². The topological polar surface area (TPSA) is 37.3 Å². The maximum Gasteiger partial charge on any atom is 0.251 e. The zero-order chi connectivity index (χ0) is 12.5. The molecule has 0 spiro atoms. The summed E-state index contributed by atoms with van der Waals surface area (Å²) in [7, 11) is 0. The molecule has 1 aromatic carbocycles. The molecule has 1 aliphatic rings. The quantitative estimate of drug-likeness (QED) is 0.825. The Morgan fingerprint density at radius 3 is 2.35 bits per heavy atom. The van der Waals surface area contributed by atoms with Gasteiger partial charge in [-0.05, 0) is 29.7 Å². The molecule has 0 saturated carbocycles. The van der Waals surface area contributed by atoms with Gasteiger partial charge in [-0.3, -0.25) is 0 Å². The molecule has 0 heterocycles. The summed E-state index contributed by atoms with van der Waals surface area (Å²) in [5, 5.41) is 0. The van der Waals surface area contributed by atoms with Gasteiger partial charge in [-0.15, -0.1) is 0 Å². The van der Waals surface area contributed by atoms with Crippen LogP contribution in [0.5, 0.6) is 0 Å². The Kier molecular flexibility index (Phi) is 3.40. The van der Waals surface area contributed by atoms with Crippen LogP contribution in [0.25, 0.3) is 5.57 Å². The second-order valence-electron chi connectivity index (χ2n) is 4.06. The fourth-order valence-electron chi connectivity index (χ4n) is 1.84. The fourth-order valence-corrected chi connectivity index (χ4v) is 2.21. The highest BCUT2D eigenvalue weighted by atomic mass is 32.2. The lowest BCUT2D eigenvalue weighted by atomic mass is 9.91. The van der Waals surface area contributed by atoms with E-state index in [1.165, 1.54) is 0 Å². The van der Waals surface area contributed by atoms with Gasteiger partial charge in [0.1, 0.15) is 0 Å². The van der Waals surface area contributed by atoms with Crippen molar-refractivity contribution < 1.29 is 17.5 Å². The van der Waals surface area contributed by atoms with Gasteiger partial charge in [-0.25, -0.2) is 13.0 Å². The Morgan fingerprint density at radius 1 is 1.24 bits per heavy atom. The second kappa shape index (κ2) is 4.66. The Balaban J connectivity index is 2.19. The first kappa shape index (κ1) is 12.4. The number of benzene rings is 1. The average Bonchev–Trinajstić information content (AvgIpc) is 2.29. The van der Waals surface area contributed by atoms with Crippen molar-refractivity contribution >= 4 is 16.7 Å². The van der Waals surface area contributed by atoms with E-state index < -0.39 is 17.0 Å². The normalized spacial score (nSPS) is 20.8. The summed E-state index contributed by atoms with van der Waals surface area (Å²) in [6.07, 6.45) is 1.53. The number of hydrogen-bond acceptors (Lipinski definition) is 1. The summed E-state index contributed by atoms with van der Waals surface area (Å²) >= 11 is -1.99. The van der Waals surface area contributed by atoms with E-state index in [1.807, 2.05) is 0 Å². The summed E-state index contributed by atoms with van der Waals surface area (Å²) < 4.78 is 45.5. The highest BCUT2D eigenvalue weighted by Crippen LogP contribution is 2.36. The minimum atomic E-state index is -2.59. The third kappa shape index (κ3) is 2.98. The third-order valence-electron chi connectivity index (χ3n) is 2.83. The smallest absolute Gasteiger partial charge is 0.251 e. The molecular formula is C12H12F2O2S. The van der Waals surface area contributed by atoms with Gasteiger partial charge >= 0.3 is 0 Å². The molecule has 0 aromatic heterocycles. The molecule has 92 valence electrons. The van der Waals surface area contributed by atoms with E-state index in [-0.39, 0.29) is 12.8 Å². The molecule has 0 saturated heterocycles. The van der Waals surface area contributed by atoms with Crippen LogP contribution in [-0.2, 0) is 11.1 Å². The van der Waals surface area contributed by atoms with E-state index in [0.29, 0.717) is 11.3 Å². The van der Waals surface area contributed by atoms with Crippen molar-refractivity contribution in [1.82, 2.24) is 0 Å². The first-order valence-corrected chi connectivity index (χ1v) is 6.37. The number of allylic oxidation sites excluding steroid dienone is 2. The summed E-state index contributed by atoms with van der Waals surface area (Å²) in [6, 6.07) is 6.47. The third-order valence-corrected chi connectivity index (χ3v) is 3.51. The molecule has 1 atom stereocenters. The second-order valence-corrected chi connectivity index (χ2v) is 5.03. The van der Waals surface area contributed by atoms with Crippen LogP contribution >= 0.6 is 0 Å². The molecule has 1 aliphatic carbocycles. The fraction of sp³-hybridized carbons (Fsp3) is 0.333. The number of halogens is 2. The van der Waals surface area contributed by atoms with Crippen molar-refractivity contribution in [2.45, 2.75) is 30.1 Å². The SMILES string of the molecule is O=S(O)c1ccc(C2=CCC(F)(F)CC2)cc1. The molecule has 2 rings (SSSR count). The van der Waals surface area contributed by atoms with Crippen molar-refractivity contribution in [3.63, 3.8) is 0 Å². The van der Waals surface area contributed by atoms with E-state index in [2.05, 4.69) is 0 Å². The highest BCUT2D eigenvalue weighted by molar-refractivity contribution is 7.79. The molecule has 5 heteroatoms. The van der Waals surface area contributed by atoms with E-state index in [9.17, 15) is 13.0 Å². The lowest BCUT2D eigenvalue weighted by molar-refractivity contribution is -0.00602. The number of hydrogen-bond donors (Lipinski definition) is 1. The van der Waals surface area contributed by atoms with Gasteiger partial charge in [-0.2, -0.15) is 0 Å². The van der Waals surface area contributed by atoms with E-state index >= 15 is 0 Å². The number of alkyl halides is 2. The molecule has 17 heavy (non-hydrogen) atoms. The Bertz CT molecular complexity index is 466. The average molecular weight is 258 g/mol. The first-order chi connectivity index (χ1) is 7.98. The van der Waals surface area contributed by atoms with Gasteiger partial charge in [0.15, 0.2) is 11.1 Å². The van der Waals surface area contributed by atoms with Crippen molar-refractivity contribution in [2.24, 2.45) is 0 Å². The maximum atomic E-state index is 12.9. The van der Waals surface area contributed by atoms with Crippen LogP contribution in [0.2, 0.25) is 0 Å². The predicted octanol–water partition coefficient (Wildman–Crippen LogP) is 3.47. The zero-order valence-corrected chi connectivity index (χ0v) is 9.84. The van der Waals surface area contributed by atoms with Crippen molar-refractivity contribution in [2.75, 3.05) is 0 Å². The molecule has 1 aromatic rings. The highest BCUT2D eigenvalue weighted by Gasteiger charge is 2.30. The van der Waals surface area contributed by atoms with Crippen LogP contribution < -0.4 is 0 Å². The first-order valence-electron chi connectivity index (χ1n) is 5.26. The van der Waals surface area contributed by atoms with Crippen LogP contribution in [0.4, 0.5) is 8.78 Å². The van der Waals surface area contributed by atoms with Crippen molar-refractivity contribution in [1.29, 1.82) is 0 Å². The van der Waals surface area contributed by atoms with Gasteiger partial charge in [0, 0.05) is 12.8 Å². The molecular weight excluding hydrogens is 246 g/mol. The van der Waals surface area contributed by atoms with E-state index in [1.54, 1.807) is 30.3 Å². The van der Waals surface area contributed by atoms with Crippen LogP contribution in [0.15, 0.2) is 35.2 Å². The van der Waals surface area contributed by atoms with E-state index in [0.717, 1.165) is 11.1 Å². The van der Waals surface area contributed by atoms with Crippen LogP contribution in [0, 0.1) is 0 Å². The van der Waals surface area contributed by atoms with Gasteiger partial charge in [0.2, 0.25) is 0 Å². The molecule has 0 aliphatic heterocycles. The summed E-state index contributed by atoms with van der Waals surface area (Å²) in [4.78, 5) is 0.315. The lowest BCUT2D eigenvalue weighted by Crippen LogP contribution is -2.18. The van der Waals surface area contributed by atoms with Crippen LogP contribution in [0.1, 0.15) is 24.8 Å².